The quantitative estimate of drug-likeness (QED) is 0.881. The molecule has 16 heavy (non-hydrogen) atoms. The first kappa shape index (κ1) is 14.0. The summed E-state index contributed by atoms with van der Waals surface area (Å²) >= 11 is 6.68. The second-order valence-corrected chi connectivity index (χ2v) is 5.79. The van der Waals surface area contributed by atoms with Gasteiger partial charge in [0.25, 0.3) is 0 Å². The molecule has 1 atom stereocenters. The lowest BCUT2D eigenvalue weighted by Crippen LogP contribution is -2.27. The standard InChI is InChI=1S/C12H17Br2NO/c1-4-8(2)15(3)7-9-5-10(13)12(16)11(14)6-9/h5-6,8,16H,4,7H2,1-3H3. The van der Waals surface area contributed by atoms with E-state index in [0.29, 0.717) is 6.04 Å². The molecule has 2 nitrogen and oxygen atoms in total. The van der Waals surface area contributed by atoms with Crippen molar-refractivity contribution in [2.75, 3.05) is 7.05 Å². The number of phenolic OH excluding ortho intramolecular Hbond substituents is 1. The Labute approximate surface area is 114 Å². The van der Waals surface area contributed by atoms with Gasteiger partial charge in [-0.3, -0.25) is 4.90 Å². The molecule has 0 saturated carbocycles. The molecule has 0 amide bonds. The first-order valence-corrected chi connectivity index (χ1v) is 6.91. The van der Waals surface area contributed by atoms with Crippen LogP contribution in [-0.2, 0) is 6.54 Å². The van der Waals surface area contributed by atoms with Crippen LogP contribution in [0.1, 0.15) is 25.8 Å². The summed E-state index contributed by atoms with van der Waals surface area (Å²) in [5, 5.41) is 9.61. The van der Waals surface area contributed by atoms with Crippen molar-refractivity contribution in [2.45, 2.75) is 32.9 Å². The third-order valence-electron chi connectivity index (χ3n) is 2.85. The van der Waals surface area contributed by atoms with E-state index in [1.807, 2.05) is 12.1 Å². The Kier molecular flexibility index (Phi) is 5.28. The Morgan fingerprint density at radius 1 is 1.31 bits per heavy atom. The molecule has 0 spiro atoms. The van der Waals surface area contributed by atoms with Crippen molar-refractivity contribution in [2.24, 2.45) is 0 Å². The number of hydrogen-bond donors (Lipinski definition) is 1. The van der Waals surface area contributed by atoms with Crippen LogP contribution in [-0.4, -0.2) is 23.1 Å². The van der Waals surface area contributed by atoms with Crippen LogP contribution >= 0.6 is 31.9 Å². The monoisotopic (exact) mass is 349 g/mol. The van der Waals surface area contributed by atoms with Crippen LogP contribution in [0.3, 0.4) is 0 Å². The summed E-state index contributed by atoms with van der Waals surface area (Å²) < 4.78 is 1.46. The number of hydrogen-bond acceptors (Lipinski definition) is 2. The Hall–Kier alpha value is -0.0600. The number of benzene rings is 1. The van der Waals surface area contributed by atoms with E-state index in [2.05, 4.69) is 57.7 Å². The predicted molar refractivity (Wildman–Crippen MR) is 74.7 cm³/mol. The first-order valence-electron chi connectivity index (χ1n) is 5.32. The molecule has 0 aliphatic rings. The fourth-order valence-corrected chi connectivity index (χ4v) is 2.75. The van der Waals surface area contributed by atoms with Gasteiger partial charge in [-0.2, -0.15) is 0 Å². The molecule has 0 aromatic heterocycles. The Morgan fingerprint density at radius 3 is 2.25 bits per heavy atom. The number of halogens is 2. The minimum atomic E-state index is 0.259. The van der Waals surface area contributed by atoms with Crippen LogP contribution in [0.25, 0.3) is 0 Å². The van der Waals surface area contributed by atoms with Crippen molar-refractivity contribution in [1.29, 1.82) is 0 Å². The smallest absolute Gasteiger partial charge is 0.143 e. The minimum Gasteiger partial charge on any atom is -0.506 e. The molecule has 1 unspecified atom stereocenters. The van der Waals surface area contributed by atoms with E-state index in [1.54, 1.807) is 0 Å². The van der Waals surface area contributed by atoms with Gasteiger partial charge < -0.3 is 5.11 Å². The Morgan fingerprint density at radius 2 is 1.81 bits per heavy atom. The van der Waals surface area contributed by atoms with Gasteiger partial charge in [0.15, 0.2) is 0 Å². The van der Waals surface area contributed by atoms with Crippen molar-refractivity contribution in [3.63, 3.8) is 0 Å². The summed E-state index contributed by atoms with van der Waals surface area (Å²) in [4.78, 5) is 2.30. The van der Waals surface area contributed by atoms with Gasteiger partial charge in [-0.05, 0) is 69.9 Å². The van der Waals surface area contributed by atoms with E-state index < -0.39 is 0 Å². The van der Waals surface area contributed by atoms with Crippen LogP contribution in [0, 0.1) is 0 Å². The lowest BCUT2D eigenvalue weighted by atomic mass is 10.1. The molecule has 90 valence electrons. The molecule has 0 bridgehead atoms. The lowest BCUT2D eigenvalue weighted by molar-refractivity contribution is 0.243. The maximum Gasteiger partial charge on any atom is 0.143 e. The normalized spacial score (nSPS) is 13.1. The van der Waals surface area contributed by atoms with Crippen molar-refractivity contribution in [3.05, 3.63) is 26.6 Å². The molecule has 0 aliphatic carbocycles. The van der Waals surface area contributed by atoms with Gasteiger partial charge in [0.2, 0.25) is 0 Å². The largest absolute Gasteiger partial charge is 0.506 e. The van der Waals surface area contributed by atoms with Crippen LogP contribution < -0.4 is 0 Å². The molecular formula is C12H17Br2NO. The second kappa shape index (κ2) is 6.03. The summed E-state index contributed by atoms with van der Waals surface area (Å²) in [6, 6.07) is 4.48. The molecule has 0 aliphatic heterocycles. The zero-order valence-electron chi connectivity index (χ0n) is 9.80. The van der Waals surface area contributed by atoms with Gasteiger partial charge in [-0.25, -0.2) is 0 Å². The van der Waals surface area contributed by atoms with Gasteiger partial charge in [0.1, 0.15) is 5.75 Å². The van der Waals surface area contributed by atoms with E-state index in [1.165, 1.54) is 5.56 Å². The van der Waals surface area contributed by atoms with E-state index in [-0.39, 0.29) is 5.75 Å². The molecule has 1 rings (SSSR count). The van der Waals surface area contributed by atoms with Gasteiger partial charge >= 0.3 is 0 Å². The van der Waals surface area contributed by atoms with Crippen molar-refractivity contribution < 1.29 is 5.11 Å². The highest BCUT2D eigenvalue weighted by Crippen LogP contribution is 2.33. The van der Waals surface area contributed by atoms with Crippen LogP contribution in [0.4, 0.5) is 0 Å². The molecule has 0 saturated heterocycles. The number of nitrogens with zero attached hydrogens (tertiary/aromatic N) is 1. The maximum atomic E-state index is 9.61. The van der Waals surface area contributed by atoms with Gasteiger partial charge in [0.05, 0.1) is 8.95 Å². The zero-order valence-corrected chi connectivity index (χ0v) is 13.0. The van der Waals surface area contributed by atoms with Gasteiger partial charge in [0, 0.05) is 12.6 Å². The van der Waals surface area contributed by atoms with E-state index >= 15 is 0 Å². The van der Waals surface area contributed by atoms with Crippen molar-refractivity contribution in [3.8, 4) is 5.75 Å². The maximum absolute atomic E-state index is 9.61. The number of phenols is 1. The molecule has 1 aromatic carbocycles. The average Bonchev–Trinajstić information content (AvgIpc) is 2.24. The highest BCUT2D eigenvalue weighted by atomic mass is 79.9. The molecule has 0 radical (unpaired) electrons. The SMILES string of the molecule is CCC(C)N(C)Cc1cc(Br)c(O)c(Br)c1. The fraction of sp³-hybridized carbons (Fsp3) is 0.500. The first-order chi connectivity index (χ1) is 7.45. The molecule has 0 fully saturated rings. The molecule has 0 heterocycles. The van der Waals surface area contributed by atoms with Gasteiger partial charge in [-0.1, -0.05) is 6.92 Å². The fourth-order valence-electron chi connectivity index (χ4n) is 1.46. The summed E-state index contributed by atoms with van der Waals surface area (Å²) in [5.74, 6) is 0.259. The number of aromatic hydroxyl groups is 1. The van der Waals surface area contributed by atoms with Crippen molar-refractivity contribution >= 4 is 31.9 Å². The molecule has 1 aromatic rings. The van der Waals surface area contributed by atoms with Crippen LogP contribution in [0.2, 0.25) is 0 Å². The topological polar surface area (TPSA) is 23.5 Å². The minimum absolute atomic E-state index is 0.259. The predicted octanol–water partition coefficient (Wildman–Crippen LogP) is 4.15. The Bertz CT molecular complexity index is 345. The van der Waals surface area contributed by atoms with Crippen LogP contribution in [0.5, 0.6) is 5.75 Å². The van der Waals surface area contributed by atoms with E-state index in [9.17, 15) is 5.11 Å². The van der Waals surface area contributed by atoms with Crippen molar-refractivity contribution in [1.82, 2.24) is 4.90 Å². The molecule has 1 N–H and O–H groups in total. The van der Waals surface area contributed by atoms with Crippen LogP contribution in [0.15, 0.2) is 21.1 Å². The van der Waals surface area contributed by atoms with Gasteiger partial charge in [-0.15, -0.1) is 0 Å². The lowest BCUT2D eigenvalue weighted by Gasteiger charge is -2.23. The summed E-state index contributed by atoms with van der Waals surface area (Å²) in [5.41, 5.74) is 1.18. The zero-order chi connectivity index (χ0) is 12.3. The third-order valence-corrected chi connectivity index (χ3v) is 4.06. The molecule has 4 heteroatoms. The summed E-state index contributed by atoms with van der Waals surface area (Å²) in [7, 11) is 2.11. The second-order valence-electron chi connectivity index (χ2n) is 4.08. The van der Waals surface area contributed by atoms with E-state index in [4.69, 9.17) is 0 Å². The summed E-state index contributed by atoms with van der Waals surface area (Å²) in [6.07, 6.45) is 1.14. The summed E-state index contributed by atoms with van der Waals surface area (Å²) in [6.45, 7) is 5.28. The van der Waals surface area contributed by atoms with E-state index in [0.717, 1.165) is 21.9 Å². The average molecular weight is 351 g/mol. The third kappa shape index (κ3) is 3.47. The highest BCUT2D eigenvalue weighted by Gasteiger charge is 2.10. The number of rotatable bonds is 4. The highest BCUT2D eigenvalue weighted by molar-refractivity contribution is 9.11. The molecular weight excluding hydrogens is 334 g/mol. The Balaban J connectivity index is 2.82.